The topological polar surface area (TPSA) is 134 Å². The van der Waals surface area contributed by atoms with Crippen LogP contribution in [0.5, 0.6) is 0 Å². The van der Waals surface area contributed by atoms with Crippen LogP contribution in [0.1, 0.15) is 284 Å². The number of phosphoric acid groups is 1. The molecule has 0 saturated heterocycles. The summed E-state index contributed by atoms with van der Waals surface area (Å²) in [6.07, 6.45) is 71.5. The predicted molar refractivity (Wildman–Crippen MR) is 303 cm³/mol. The van der Waals surface area contributed by atoms with Crippen molar-refractivity contribution in [2.75, 3.05) is 26.4 Å². The molecule has 10 heteroatoms. The van der Waals surface area contributed by atoms with E-state index in [1.807, 2.05) is 0 Å². The van der Waals surface area contributed by atoms with E-state index in [1.54, 1.807) is 0 Å². The van der Waals surface area contributed by atoms with Crippen molar-refractivity contribution >= 4 is 19.8 Å². The lowest BCUT2D eigenvalue weighted by Crippen LogP contribution is -2.29. The summed E-state index contributed by atoms with van der Waals surface area (Å²) >= 11 is 0. The highest BCUT2D eigenvalue weighted by Crippen LogP contribution is 2.43. The first-order chi connectivity index (χ1) is 34.8. The third-order valence-corrected chi connectivity index (χ3v) is 13.9. The summed E-state index contributed by atoms with van der Waals surface area (Å²) < 4.78 is 33.0. The summed E-state index contributed by atoms with van der Waals surface area (Å²) in [7, 11) is -4.38. The molecule has 0 aromatic heterocycles. The maximum atomic E-state index is 12.7. The summed E-state index contributed by atoms with van der Waals surface area (Å²) in [4.78, 5) is 35.1. The lowest BCUT2D eigenvalue weighted by molar-refractivity contribution is -0.161. The SMILES string of the molecule is CC/C=C\C/C=C\C/C=C\C/C=C\C/C=C\CCCCCCCCCCCCCCCCCCCCCC(=O)OC(COC(=O)CCCCCCCCCCCCCCCCC)COP(=O)(O)OCCN. The summed E-state index contributed by atoms with van der Waals surface area (Å²) in [5, 5.41) is 0. The number of carbonyl (C=O) groups is 2. The minimum absolute atomic E-state index is 0.0548. The zero-order valence-corrected chi connectivity index (χ0v) is 47.1. The highest BCUT2D eigenvalue weighted by atomic mass is 31.2. The number of unbranched alkanes of at least 4 members (excludes halogenated alkanes) is 33. The minimum Gasteiger partial charge on any atom is -0.462 e. The first kappa shape index (κ1) is 68.7. The zero-order valence-electron chi connectivity index (χ0n) is 46.2. The number of rotatable bonds is 56. The van der Waals surface area contributed by atoms with Crippen molar-refractivity contribution in [3.63, 3.8) is 0 Å². The van der Waals surface area contributed by atoms with Crippen LogP contribution in [0.25, 0.3) is 0 Å². The number of allylic oxidation sites excluding steroid dienone is 10. The van der Waals surface area contributed by atoms with E-state index in [4.69, 9.17) is 24.3 Å². The van der Waals surface area contributed by atoms with Crippen molar-refractivity contribution in [2.24, 2.45) is 5.73 Å². The smallest absolute Gasteiger partial charge is 0.462 e. The quantitative estimate of drug-likeness (QED) is 0.0264. The second kappa shape index (κ2) is 57.0. The van der Waals surface area contributed by atoms with Gasteiger partial charge in [-0.2, -0.15) is 0 Å². The van der Waals surface area contributed by atoms with Crippen LogP contribution in [-0.4, -0.2) is 49.3 Å². The van der Waals surface area contributed by atoms with Crippen LogP contribution >= 0.6 is 7.82 Å². The van der Waals surface area contributed by atoms with Crippen molar-refractivity contribution in [3.8, 4) is 0 Å². The van der Waals surface area contributed by atoms with Crippen LogP contribution in [0.3, 0.4) is 0 Å². The van der Waals surface area contributed by atoms with Gasteiger partial charge in [0.1, 0.15) is 6.61 Å². The summed E-state index contributed by atoms with van der Waals surface area (Å²) in [6.45, 7) is 3.67. The Morgan fingerprint density at radius 1 is 0.437 bits per heavy atom. The minimum atomic E-state index is -4.38. The second-order valence-corrected chi connectivity index (χ2v) is 21.3. The van der Waals surface area contributed by atoms with E-state index < -0.39 is 26.5 Å². The van der Waals surface area contributed by atoms with Crippen molar-refractivity contribution < 1.29 is 37.6 Å². The van der Waals surface area contributed by atoms with Crippen LogP contribution in [0.2, 0.25) is 0 Å². The molecule has 71 heavy (non-hydrogen) atoms. The molecule has 0 spiro atoms. The molecule has 0 amide bonds. The van der Waals surface area contributed by atoms with E-state index >= 15 is 0 Å². The Bertz CT molecular complexity index is 1350. The van der Waals surface area contributed by atoms with Crippen LogP contribution in [0.15, 0.2) is 60.8 Å². The van der Waals surface area contributed by atoms with Gasteiger partial charge in [0.15, 0.2) is 6.10 Å². The Morgan fingerprint density at radius 2 is 0.775 bits per heavy atom. The fourth-order valence-electron chi connectivity index (χ4n) is 8.55. The third-order valence-electron chi connectivity index (χ3n) is 12.9. The summed E-state index contributed by atoms with van der Waals surface area (Å²) in [6, 6.07) is 0. The molecule has 9 nitrogen and oxygen atoms in total. The molecule has 0 aromatic rings. The number of hydrogen-bond acceptors (Lipinski definition) is 8. The lowest BCUT2D eigenvalue weighted by Gasteiger charge is -2.19. The van der Waals surface area contributed by atoms with Gasteiger partial charge in [0.2, 0.25) is 0 Å². The largest absolute Gasteiger partial charge is 0.472 e. The van der Waals surface area contributed by atoms with E-state index in [9.17, 15) is 19.0 Å². The van der Waals surface area contributed by atoms with Gasteiger partial charge in [-0.1, -0.05) is 274 Å². The van der Waals surface area contributed by atoms with E-state index in [2.05, 4.69) is 74.6 Å². The van der Waals surface area contributed by atoms with Crippen molar-refractivity contribution in [2.45, 2.75) is 290 Å². The third kappa shape index (κ3) is 56.9. The van der Waals surface area contributed by atoms with Gasteiger partial charge in [-0.25, -0.2) is 4.57 Å². The molecule has 0 aromatic carbocycles. The molecule has 2 unspecified atom stereocenters. The molecule has 414 valence electrons. The average molecular weight is 1020 g/mol. The molecule has 0 aliphatic heterocycles. The molecule has 0 radical (unpaired) electrons. The Hall–Kier alpha value is -2.29. The molecular formula is C61H112NO8P. The molecule has 0 saturated carbocycles. The van der Waals surface area contributed by atoms with Crippen molar-refractivity contribution in [1.82, 2.24) is 0 Å². The van der Waals surface area contributed by atoms with Crippen LogP contribution in [0, 0.1) is 0 Å². The normalized spacial score (nSPS) is 13.5. The van der Waals surface area contributed by atoms with Crippen LogP contribution in [0.4, 0.5) is 0 Å². The Labute approximate surface area is 438 Å². The molecule has 0 aliphatic rings. The Balaban J connectivity index is 3.84. The van der Waals surface area contributed by atoms with Gasteiger partial charge in [-0.15, -0.1) is 0 Å². The first-order valence-corrected chi connectivity index (χ1v) is 31.3. The van der Waals surface area contributed by atoms with Gasteiger partial charge in [-0.05, 0) is 57.8 Å². The van der Waals surface area contributed by atoms with Gasteiger partial charge in [0.05, 0.1) is 13.2 Å². The van der Waals surface area contributed by atoms with Gasteiger partial charge in [0, 0.05) is 19.4 Å². The second-order valence-electron chi connectivity index (χ2n) is 19.8. The monoisotopic (exact) mass is 1020 g/mol. The number of hydrogen-bond donors (Lipinski definition) is 2. The molecule has 2 atom stereocenters. The van der Waals surface area contributed by atoms with Gasteiger partial charge < -0.3 is 20.1 Å². The van der Waals surface area contributed by atoms with E-state index in [0.717, 1.165) is 64.2 Å². The molecule has 3 N–H and O–H groups in total. The predicted octanol–water partition coefficient (Wildman–Crippen LogP) is 18.7. The number of nitrogens with two attached hydrogens (primary N) is 1. The molecule has 0 bridgehead atoms. The fourth-order valence-corrected chi connectivity index (χ4v) is 9.31. The number of esters is 2. The standard InChI is InChI=1S/C61H112NO8P/c1-3-5-7-9-11-13-15-17-19-20-21-22-23-24-25-26-27-28-29-30-31-32-33-34-35-36-37-38-40-42-44-46-48-50-52-54-61(64)70-59(58-69-71(65,66)68-56-55-62)57-67-60(63)53-51-49-47-45-43-41-39-18-16-14-12-10-8-6-4-2/h5,7,11,13,17,19,21-22,24-25,59H,3-4,6,8-10,12,14-16,18,20,23,26-58,62H2,1-2H3,(H,65,66)/b7-5-,13-11-,19-17-,22-21-,25-24-. The van der Waals surface area contributed by atoms with Gasteiger partial charge in [0.25, 0.3) is 0 Å². The van der Waals surface area contributed by atoms with Crippen molar-refractivity contribution in [3.05, 3.63) is 60.8 Å². The number of ether oxygens (including phenoxy) is 2. The first-order valence-electron chi connectivity index (χ1n) is 29.8. The Kier molecular flexibility index (Phi) is 55.2. The highest BCUT2D eigenvalue weighted by Gasteiger charge is 2.26. The van der Waals surface area contributed by atoms with Gasteiger partial charge in [-0.3, -0.25) is 18.6 Å². The maximum Gasteiger partial charge on any atom is 0.472 e. The lowest BCUT2D eigenvalue weighted by atomic mass is 10.0. The molecule has 0 heterocycles. The molecular weight excluding hydrogens is 906 g/mol. The van der Waals surface area contributed by atoms with Crippen LogP contribution in [-0.2, 0) is 32.7 Å². The Morgan fingerprint density at radius 3 is 1.15 bits per heavy atom. The summed E-state index contributed by atoms with van der Waals surface area (Å²) in [5.41, 5.74) is 5.38. The zero-order chi connectivity index (χ0) is 51.7. The van der Waals surface area contributed by atoms with Crippen molar-refractivity contribution in [1.29, 1.82) is 0 Å². The fraction of sp³-hybridized carbons (Fsp3) is 0.803. The number of carbonyl (C=O) groups excluding carboxylic acids is 2. The van der Waals surface area contributed by atoms with E-state index in [-0.39, 0.29) is 38.6 Å². The molecule has 0 rings (SSSR count). The van der Waals surface area contributed by atoms with Crippen LogP contribution < -0.4 is 5.73 Å². The average Bonchev–Trinajstić information content (AvgIpc) is 3.36. The molecule has 0 fully saturated rings. The van der Waals surface area contributed by atoms with Gasteiger partial charge >= 0.3 is 19.8 Å². The summed E-state index contributed by atoms with van der Waals surface area (Å²) in [5.74, 6) is -0.814. The number of phosphoric ester groups is 1. The maximum absolute atomic E-state index is 12.7. The highest BCUT2D eigenvalue weighted by molar-refractivity contribution is 7.47. The van der Waals surface area contributed by atoms with E-state index in [1.165, 1.54) is 186 Å². The molecule has 0 aliphatic carbocycles. The van der Waals surface area contributed by atoms with E-state index in [0.29, 0.717) is 6.42 Å².